The second-order valence-electron chi connectivity index (χ2n) is 5.90. The molecule has 0 atom stereocenters. The Bertz CT molecular complexity index is 645. The monoisotopic (exact) mass is 317 g/mol. The highest BCUT2D eigenvalue weighted by atomic mass is 16.1. The number of amides is 1. The number of aryl methyl sites for hydroxylation is 2. The quantitative estimate of drug-likeness (QED) is 0.719. The number of hydrogen-bond donors (Lipinski definition) is 3. The summed E-state index contributed by atoms with van der Waals surface area (Å²) >= 11 is 0. The predicted molar refractivity (Wildman–Crippen MR) is 88.2 cm³/mol. The smallest absolute Gasteiger partial charge is 0.248 e. The Morgan fingerprint density at radius 2 is 1.87 bits per heavy atom. The summed E-state index contributed by atoms with van der Waals surface area (Å²) in [7, 11) is 0. The molecule has 0 aliphatic heterocycles. The van der Waals surface area contributed by atoms with Crippen LogP contribution in [-0.2, 0) is 11.2 Å². The number of aromatic nitrogens is 5. The molecule has 0 aromatic carbocycles. The number of H-pyrrole nitrogens is 1. The van der Waals surface area contributed by atoms with Crippen LogP contribution >= 0.6 is 0 Å². The van der Waals surface area contributed by atoms with Gasteiger partial charge in [-0.3, -0.25) is 15.2 Å². The molecule has 0 fully saturated rings. The number of rotatable bonds is 7. The van der Waals surface area contributed by atoms with Crippen molar-refractivity contribution in [3.05, 3.63) is 23.3 Å². The summed E-state index contributed by atoms with van der Waals surface area (Å²) < 4.78 is 0. The molecule has 0 radical (unpaired) electrons. The highest BCUT2D eigenvalue weighted by Crippen LogP contribution is 2.06. The van der Waals surface area contributed by atoms with E-state index in [1.165, 1.54) is 0 Å². The van der Waals surface area contributed by atoms with Crippen molar-refractivity contribution in [2.75, 3.05) is 17.2 Å². The third-order valence-electron chi connectivity index (χ3n) is 3.00. The van der Waals surface area contributed by atoms with Crippen LogP contribution in [0.5, 0.6) is 0 Å². The van der Waals surface area contributed by atoms with Gasteiger partial charge >= 0.3 is 0 Å². The van der Waals surface area contributed by atoms with Crippen molar-refractivity contribution < 1.29 is 4.79 Å². The normalized spacial score (nSPS) is 10.8. The molecule has 0 bridgehead atoms. The number of nitrogens with one attached hydrogen (secondary N) is 3. The summed E-state index contributed by atoms with van der Waals surface area (Å²) in [5.41, 5.74) is 1.78. The first-order valence-corrected chi connectivity index (χ1v) is 7.69. The number of aromatic amines is 1. The molecule has 0 spiro atoms. The minimum Gasteiger partial charge on any atom is -0.354 e. The van der Waals surface area contributed by atoms with Gasteiger partial charge in [0.05, 0.1) is 0 Å². The van der Waals surface area contributed by atoms with Crippen LogP contribution in [-0.4, -0.2) is 37.6 Å². The van der Waals surface area contributed by atoms with Crippen molar-refractivity contribution in [2.24, 2.45) is 5.92 Å². The third-order valence-corrected chi connectivity index (χ3v) is 3.00. The Balaban J connectivity index is 1.77. The zero-order valence-corrected chi connectivity index (χ0v) is 14.0. The highest BCUT2D eigenvalue weighted by Gasteiger charge is 2.09. The SMILES string of the molecule is Cc1cc(C)nc(NCCC(=O)Nc2n[nH]c(CC(C)C)n2)n1. The Morgan fingerprint density at radius 3 is 2.52 bits per heavy atom. The lowest BCUT2D eigenvalue weighted by atomic mass is 10.1. The molecule has 2 heterocycles. The van der Waals surface area contributed by atoms with Gasteiger partial charge in [0.2, 0.25) is 17.8 Å². The van der Waals surface area contributed by atoms with Crippen LogP contribution in [0.1, 0.15) is 37.5 Å². The number of carbonyl (C=O) groups is 1. The molecule has 8 heteroatoms. The Labute approximate surface area is 135 Å². The maximum Gasteiger partial charge on any atom is 0.248 e. The second kappa shape index (κ2) is 7.66. The van der Waals surface area contributed by atoms with Crippen molar-refractivity contribution in [1.82, 2.24) is 25.1 Å². The van der Waals surface area contributed by atoms with Gasteiger partial charge in [-0.1, -0.05) is 13.8 Å². The van der Waals surface area contributed by atoms with E-state index in [9.17, 15) is 4.79 Å². The number of anilines is 2. The van der Waals surface area contributed by atoms with Crippen molar-refractivity contribution in [3.8, 4) is 0 Å². The number of carbonyl (C=O) groups excluding carboxylic acids is 1. The summed E-state index contributed by atoms with van der Waals surface area (Å²) in [6.07, 6.45) is 1.08. The summed E-state index contributed by atoms with van der Waals surface area (Å²) in [5, 5.41) is 12.5. The fourth-order valence-electron chi connectivity index (χ4n) is 2.11. The average Bonchev–Trinajstić information content (AvgIpc) is 2.83. The van der Waals surface area contributed by atoms with E-state index in [0.717, 1.165) is 23.6 Å². The molecule has 0 saturated carbocycles. The van der Waals surface area contributed by atoms with Gasteiger partial charge in [-0.15, -0.1) is 5.10 Å². The first-order valence-electron chi connectivity index (χ1n) is 7.69. The van der Waals surface area contributed by atoms with Crippen LogP contribution < -0.4 is 10.6 Å². The third kappa shape index (κ3) is 5.65. The summed E-state index contributed by atoms with van der Waals surface area (Å²) in [6, 6.07) is 1.90. The van der Waals surface area contributed by atoms with Crippen LogP contribution in [0.25, 0.3) is 0 Å². The largest absolute Gasteiger partial charge is 0.354 e. The van der Waals surface area contributed by atoms with Gasteiger partial charge in [0.15, 0.2) is 0 Å². The molecular weight excluding hydrogens is 294 g/mol. The minimum atomic E-state index is -0.156. The molecule has 124 valence electrons. The zero-order valence-electron chi connectivity index (χ0n) is 14.0. The Kier molecular flexibility index (Phi) is 5.61. The van der Waals surface area contributed by atoms with E-state index in [2.05, 4.69) is 49.6 Å². The van der Waals surface area contributed by atoms with Crippen molar-refractivity contribution >= 4 is 17.8 Å². The first kappa shape index (κ1) is 16.9. The lowest BCUT2D eigenvalue weighted by Crippen LogP contribution is -2.18. The van der Waals surface area contributed by atoms with Crippen molar-refractivity contribution in [3.63, 3.8) is 0 Å². The van der Waals surface area contributed by atoms with E-state index in [1.807, 2.05) is 19.9 Å². The van der Waals surface area contributed by atoms with E-state index in [0.29, 0.717) is 24.4 Å². The molecule has 3 N–H and O–H groups in total. The van der Waals surface area contributed by atoms with Gasteiger partial charge in [0.25, 0.3) is 0 Å². The van der Waals surface area contributed by atoms with Gasteiger partial charge in [-0.25, -0.2) is 9.97 Å². The van der Waals surface area contributed by atoms with Gasteiger partial charge in [-0.2, -0.15) is 4.98 Å². The van der Waals surface area contributed by atoms with Crippen LogP contribution in [0.4, 0.5) is 11.9 Å². The molecule has 0 aliphatic carbocycles. The summed E-state index contributed by atoms with van der Waals surface area (Å²) in [4.78, 5) is 24.6. The molecule has 0 saturated heterocycles. The molecule has 0 aliphatic rings. The van der Waals surface area contributed by atoms with E-state index < -0.39 is 0 Å². The zero-order chi connectivity index (χ0) is 16.8. The van der Waals surface area contributed by atoms with Crippen LogP contribution in [0, 0.1) is 19.8 Å². The van der Waals surface area contributed by atoms with Crippen LogP contribution in [0.15, 0.2) is 6.07 Å². The van der Waals surface area contributed by atoms with Crippen molar-refractivity contribution in [1.29, 1.82) is 0 Å². The van der Waals surface area contributed by atoms with Gasteiger partial charge in [-0.05, 0) is 25.8 Å². The molecule has 2 aromatic heterocycles. The van der Waals surface area contributed by atoms with Gasteiger partial charge < -0.3 is 5.32 Å². The molecule has 0 unspecified atom stereocenters. The summed E-state index contributed by atoms with van der Waals surface area (Å²) in [6.45, 7) is 8.45. The van der Waals surface area contributed by atoms with Gasteiger partial charge in [0.1, 0.15) is 5.82 Å². The lowest BCUT2D eigenvalue weighted by Gasteiger charge is -2.06. The topological polar surface area (TPSA) is 108 Å². The fraction of sp³-hybridized carbons (Fsp3) is 0.533. The fourth-order valence-corrected chi connectivity index (χ4v) is 2.11. The molecular formula is C15H23N7O. The molecule has 2 rings (SSSR count). The van der Waals surface area contributed by atoms with E-state index in [1.54, 1.807) is 0 Å². The molecule has 2 aromatic rings. The van der Waals surface area contributed by atoms with Gasteiger partial charge in [0, 0.05) is 30.8 Å². The second-order valence-corrected chi connectivity index (χ2v) is 5.90. The van der Waals surface area contributed by atoms with Crippen LogP contribution in [0.3, 0.4) is 0 Å². The lowest BCUT2D eigenvalue weighted by molar-refractivity contribution is -0.116. The average molecular weight is 317 g/mol. The first-order chi connectivity index (χ1) is 10.9. The standard InChI is InChI=1S/C15H23N7O/c1-9(2)7-12-19-15(22-21-12)20-13(23)5-6-16-14-17-10(3)8-11(4)18-14/h8-9H,5-7H2,1-4H3,(H,16,17,18)(H2,19,20,21,22,23). The van der Waals surface area contributed by atoms with E-state index >= 15 is 0 Å². The summed E-state index contributed by atoms with van der Waals surface area (Å²) in [5.74, 6) is 1.95. The van der Waals surface area contributed by atoms with Crippen LogP contribution in [0.2, 0.25) is 0 Å². The van der Waals surface area contributed by atoms with Crippen molar-refractivity contribution in [2.45, 2.75) is 40.5 Å². The maximum atomic E-state index is 11.9. The minimum absolute atomic E-state index is 0.156. The van der Waals surface area contributed by atoms with E-state index in [4.69, 9.17) is 0 Å². The molecule has 8 nitrogen and oxygen atoms in total. The molecule has 23 heavy (non-hydrogen) atoms. The maximum absolute atomic E-state index is 11.9. The number of nitrogens with zero attached hydrogens (tertiary/aromatic N) is 4. The van der Waals surface area contributed by atoms with E-state index in [-0.39, 0.29) is 12.3 Å². The predicted octanol–water partition coefficient (Wildman–Crippen LogP) is 1.85. The molecule has 1 amide bonds. The Morgan fingerprint density at radius 1 is 1.17 bits per heavy atom. The highest BCUT2D eigenvalue weighted by molar-refractivity contribution is 5.89. The Hall–Kier alpha value is -2.51. The number of hydrogen-bond acceptors (Lipinski definition) is 6.